The van der Waals surface area contributed by atoms with Crippen molar-refractivity contribution in [3.05, 3.63) is 76.9 Å². The van der Waals surface area contributed by atoms with E-state index in [4.69, 9.17) is 4.74 Å². The normalized spacial score (nSPS) is 11.4. The molecule has 0 aromatic heterocycles. The highest BCUT2D eigenvalue weighted by molar-refractivity contribution is 5.66. The van der Waals surface area contributed by atoms with E-state index < -0.39 is 0 Å². The number of unbranched alkanes of at least 4 members (excludes halogenated alkanes) is 3. The van der Waals surface area contributed by atoms with Gasteiger partial charge in [0.2, 0.25) is 0 Å². The Balaban J connectivity index is 2.03. The molecule has 2 heteroatoms. The van der Waals surface area contributed by atoms with Crippen LogP contribution in [0.2, 0.25) is 0 Å². The number of carbonyl (C=O) groups is 1. The minimum absolute atomic E-state index is 0.244. The van der Waals surface area contributed by atoms with Crippen LogP contribution < -0.4 is 0 Å². The largest absolute Gasteiger partial charge is 0.461 e. The Morgan fingerprint density at radius 1 is 0.923 bits per heavy atom. The quantitative estimate of drug-likeness (QED) is 0.388. The van der Waals surface area contributed by atoms with E-state index >= 15 is 0 Å². The van der Waals surface area contributed by atoms with E-state index in [1.54, 1.807) is 0 Å². The summed E-state index contributed by atoms with van der Waals surface area (Å²) in [5, 5.41) is 0. The minimum atomic E-state index is -0.244. The van der Waals surface area contributed by atoms with Gasteiger partial charge >= 0.3 is 5.97 Å². The Morgan fingerprint density at radius 2 is 1.65 bits per heavy atom. The van der Waals surface area contributed by atoms with Crippen LogP contribution in [0.15, 0.2) is 60.2 Å². The number of carbonyl (C=O) groups excluding carboxylic acids is 1. The third-order valence-corrected chi connectivity index (χ3v) is 4.40. The van der Waals surface area contributed by atoms with Gasteiger partial charge < -0.3 is 4.74 Å². The molecule has 0 unspecified atom stereocenters. The van der Waals surface area contributed by atoms with Crippen molar-refractivity contribution in [3.63, 3.8) is 0 Å². The molecule has 0 saturated heterocycles. The summed E-state index contributed by atoms with van der Waals surface area (Å²) >= 11 is 0. The van der Waals surface area contributed by atoms with E-state index in [0.29, 0.717) is 6.61 Å². The Morgan fingerprint density at radius 3 is 2.31 bits per heavy atom. The Kier molecular flexibility index (Phi) is 8.68. The van der Waals surface area contributed by atoms with Crippen molar-refractivity contribution < 1.29 is 9.53 Å². The monoisotopic (exact) mass is 350 g/mol. The van der Waals surface area contributed by atoms with Crippen LogP contribution in [0.3, 0.4) is 0 Å². The van der Waals surface area contributed by atoms with Gasteiger partial charge in [0.05, 0.1) is 0 Å². The third-order valence-electron chi connectivity index (χ3n) is 4.40. The van der Waals surface area contributed by atoms with E-state index in [0.717, 1.165) is 24.0 Å². The predicted octanol–water partition coefficient (Wildman–Crippen LogP) is 6.00. The van der Waals surface area contributed by atoms with Gasteiger partial charge in [0.1, 0.15) is 6.61 Å². The standard InChI is InChI=1S/C24H30O2/c1-3-4-5-7-10-21-13-15-23(16-14-21)18-24(19-26-20(2)25)17-22-11-8-6-9-12-22/h6,8-9,11-16,18H,3-5,7,10,17,19H2,1-2H3/b24-18-. The predicted molar refractivity (Wildman–Crippen MR) is 109 cm³/mol. The van der Waals surface area contributed by atoms with Crippen molar-refractivity contribution in [1.82, 2.24) is 0 Å². The summed E-state index contributed by atoms with van der Waals surface area (Å²) in [6.07, 6.45) is 9.23. The molecule has 2 aromatic rings. The molecule has 2 rings (SSSR count). The lowest BCUT2D eigenvalue weighted by atomic mass is 10.0. The zero-order valence-corrected chi connectivity index (χ0v) is 16.0. The molecule has 0 heterocycles. The number of rotatable bonds is 10. The fourth-order valence-corrected chi connectivity index (χ4v) is 2.97. The highest BCUT2D eigenvalue weighted by Crippen LogP contribution is 2.15. The van der Waals surface area contributed by atoms with Crippen LogP contribution in [0.25, 0.3) is 6.08 Å². The Labute approximate surface area is 157 Å². The zero-order chi connectivity index (χ0) is 18.6. The van der Waals surface area contributed by atoms with Crippen molar-refractivity contribution in [2.24, 2.45) is 0 Å². The van der Waals surface area contributed by atoms with Crippen LogP contribution in [-0.4, -0.2) is 12.6 Å². The van der Waals surface area contributed by atoms with Crippen molar-refractivity contribution in [2.45, 2.75) is 52.4 Å². The highest BCUT2D eigenvalue weighted by Gasteiger charge is 2.04. The number of hydrogen-bond donors (Lipinski definition) is 0. The number of esters is 1. The molecule has 0 aliphatic rings. The fraction of sp³-hybridized carbons (Fsp3) is 0.375. The summed E-state index contributed by atoms with van der Waals surface area (Å²) in [5.74, 6) is -0.244. The lowest BCUT2D eigenvalue weighted by molar-refractivity contribution is -0.139. The summed E-state index contributed by atoms with van der Waals surface area (Å²) in [6, 6.07) is 19.0. The average molecular weight is 351 g/mol. The number of hydrogen-bond acceptors (Lipinski definition) is 2. The molecule has 0 N–H and O–H groups in total. The summed E-state index contributed by atoms with van der Waals surface area (Å²) in [5.41, 5.74) is 4.86. The second kappa shape index (κ2) is 11.3. The molecule has 0 aliphatic heterocycles. The maximum absolute atomic E-state index is 11.2. The molecule has 2 aromatic carbocycles. The molecule has 138 valence electrons. The van der Waals surface area contributed by atoms with Crippen molar-refractivity contribution >= 4 is 12.0 Å². The van der Waals surface area contributed by atoms with Crippen molar-refractivity contribution in [3.8, 4) is 0 Å². The van der Waals surface area contributed by atoms with Crippen LogP contribution in [0, 0.1) is 0 Å². The first-order valence-corrected chi connectivity index (χ1v) is 9.63. The Hall–Kier alpha value is -2.35. The van der Waals surface area contributed by atoms with E-state index in [-0.39, 0.29) is 5.97 Å². The maximum Gasteiger partial charge on any atom is 0.302 e. The molecule has 0 bridgehead atoms. The molecule has 0 radical (unpaired) electrons. The van der Waals surface area contributed by atoms with E-state index in [1.807, 2.05) is 18.2 Å². The zero-order valence-electron chi connectivity index (χ0n) is 16.0. The number of benzene rings is 2. The van der Waals surface area contributed by atoms with Gasteiger partial charge in [-0.1, -0.05) is 86.9 Å². The summed E-state index contributed by atoms with van der Waals surface area (Å²) in [6.45, 7) is 4.03. The first kappa shape index (κ1) is 20.0. The summed E-state index contributed by atoms with van der Waals surface area (Å²) in [4.78, 5) is 11.2. The smallest absolute Gasteiger partial charge is 0.302 e. The molecule has 0 fully saturated rings. The first-order chi connectivity index (χ1) is 12.7. The van der Waals surface area contributed by atoms with Gasteiger partial charge in [-0.05, 0) is 41.5 Å². The SMILES string of the molecule is CCCCCCc1ccc(/C=C(\COC(C)=O)Cc2ccccc2)cc1. The van der Waals surface area contributed by atoms with E-state index in [9.17, 15) is 4.79 Å². The molecular weight excluding hydrogens is 320 g/mol. The van der Waals surface area contributed by atoms with E-state index in [1.165, 1.54) is 43.7 Å². The van der Waals surface area contributed by atoms with Gasteiger partial charge in [-0.3, -0.25) is 4.79 Å². The second-order valence-electron chi connectivity index (χ2n) is 6.80. The minimum Gasteiger partial charge on any atom is -0.461 e. The topological polar surface area (TPSA) is 26.3 Å². The van der Waals surface area contributed by atoms with Gasteiger partial charge in [0.15, 0.2) is 0 Å². The van der Waals surface area contributed by atoms with Crippen LogP contribution >= 0.6 is 0 Å². The number of aryl methyl sites for hydroxylation is 1. The molecule has 2 nitrogen and oxygen atoms in total. The van der Waals surface area contributed by atoms with Crippen molar-refractivity contribution in [2.75, 3.05) is 6.61 Å². The van der Waals surface area contributed by atoms with Gasteiger partial charge in [0.25, 0.3) is 0 Å². The fourth-order valence-electron chi connectivity index (χ4n) is 2.97. The molecule has 0 spiro atoms. The lowest BCUT2D eigenvalue weighted by Crippen LogP contribution is -2.05. The van der Waals surface area contributed by atoms with E-state index in [2.05, 4.69) is 49.4 Å². The summed E-state index contributed by atoms with van der Waals surface area (Å²) in [7, 11) is 0. The molecule has 0 saturated carbocycles. The molecule has 0 amide bonds. The van der Waals surface area contributed by atoms with Gasteiger partial charge in [-0.2, -0.15) is 0 Å². The van der Waals surface area contributed by atoms with Gasteiger partial charge in [-0.15, -0.1) is 0 Å². The molecular formula is C24H30O2. The molecule has 26 heavy (non-hydrogen) atoms. The third kappa shape index (κ3) is 7.69. The van der Waals surface area contributed by atoms with Crippen LogP contribution in [0.1, 0.15) is 56.2 Å². The molecule has 0 atom stereocenters. The van der Waals surface area contributed by atoms with Crippen LogP contribution in [0.4, 0.5) is 0 Å². The van der Waals surface area contributed by atoms with Crippen molar-refractivity contribution in [1.29, 1.82) is 0 Å². The second-order valence-corrected chi connectivity index (χ2v) is 6.80. The average Bonchev–Trinajstić information content (AvgIpc) is 2.65. The number of ether oxygens (including phenoxy) is 1. The lowest BCUT2D eigenvalue weighted by Gasteiger charge is -2.09. The van der Waals surface area contributed by atoms with Gasteiger partial charge in [0, 0.05) is 6.92 Å². The van der Waals surface area contributed by atoms with Crippen LogP contribution in [-0.2, 0) is 22.4 Å². The summed E-state index contributed by atoms with van der Waals surface area (Å²) < 4.78 is 5.24. The van der Waals surface area contributed by atoms with Crippen LogP contribution in [0.5, 0.6) is 0 Å². The molecule has 0 aliphatic carbocycles. The first-order valence-electron chi connectivity index (χ1n) is 9.63. The highest BCUT2D eigenvalue weighted by atomic mass is 16.5. The maximum atomic E-state index is 11.2. The Bertz CT molecular complexity index is 684. The van der Waals surface area contributed by atoms with Gasteiger partial charge in [-0.25, -0.2) is 0 Å².